The van der Waals surface area contributed by atoms with Crippen LogP contribution in [0, 0.1) is 17.2 Å². The van der Waals surface area contributed by atoms with Gasteiger partial charge in [0.2, 0.25) is 0 Å². The molecule has 1 atom stereocenters. The van der Waals surface area contributed by atoms with E-state index < -0.39 is 5.92 Å². The third-order valence-corrected chi connectivity index (χ3v) is 1.83. The Morgan fingerprint density at radius 3 is 2.80 bits per heavy atom. The monoisotopic (exact) mass is 149 g/mol. The molecule has 0 saturated carbocycles. The number of rotatable bonds is 4. The zero-order valence-electron chi connectivity index (χ0n) is 6.26. The van der Waals surface area contributed by atoms with Crippen LogP contribution in [0.2, 0.25) is 0 Å². The maximum atomic E-state index is 10.6. The van der Waals surface area contributed by atoms with Crippen LogP contribution < -0.4 is 0 Å². The first kappa shape index (κ1) is 10.1. The topological polar surface area (TPSA) is 50.1 Å². The first-order valence-corrected chi connectivity index (χ1v) is 4.20. The number of nitrogens with zero attached hydrogens (tertiary/aromatic N) is 1. The van der Waals surface area contributed by atoms with Crippen molar-refractivity contribution in [1.82, 2.24) is 0 Å². The molecule has 0 aliphatic carbocycles. The summed E-state index contributed by atoms with van der Waals surface area (Å²) in [6, 6.07) is 1.90. The molecule has 0 aromatic carbocycles. The van der Waals surface area contributed by atoms with E-state index in [0.717, 1.165) is 0 Å². The van der Waals surface area contributed by atoms with Crippen molar-refractivity contribution in [3.05, 3.63) is 0 Å². The van der Waals surface area contributed by atoms with Crippen LogP contribution in [0.15, 0.2) is 0 Å². The summed E-state index contributed by atoms with van der Waals surface area (Å²) >= 11 is 0.437. The molecular weight excluding hydrogens is 141 g/mol. The SMILES string of the molecule is CCOCC(C#N)[C](=O)[Na]. The van der Waals surface area contributed by atoms with E-state index in [9.17, 15) is 4.79 Å². The first-order valence-electron chi connectivity index (χ1n) is 3.20. The van der Waals surface area contributed by atoms with Gasteiger partial charge >= 0.3 is 77.9 Å². The summed E-state index contributed by atoms with van der Waals surface area (Å²) in [6.45, 7) is 2.66. The van der Waals surface area contributed by atoms with Gasteiger partial charge in [0.1, 0.15) is 0 Å². The van der Waals surface area contributed by atoms with Crippen LogP contribution in [0.4, 0.5) is 0 Å². The molecule has 10 heavy (non-hydrogen) atoms. The second-order valence-electron chi connectivity index (χ2n) is 1.95. The molecular formula is C6H8NNaO2. The van der Waals surface area contributed by atoms with Gasteiger partial charge in [0.25, 0.3) is 0 Å². The van der Waals surface area contributed by atoms with E-state index in [2.05, 4.69) is 0 Å². The fourth-order valence-corrected chi connectivity index (χ4v) is 0.777. The average molecular weight is 149 g/mol. The Labute approximate surface area is 77.8 Å². The Hall–Kier alpha value is 0.120. The van der Waals surface area contributed by atoms with E-state index in [1.165, 1.54) is 0 Å². The molecule has 0 aliphatic heterocycles. The predicted octanol–water partition coefficient (Wildman–Crippen LogP) is -0.142. The number of hydrogen-bond acceptors (Lipinski definition) is 3. The zero-order chi connectivity index (χ0) is 7.98. The second-order valence-corrected chi connectivity index (χ2v) is 2.94. The standard InChI is InChI=1S/C6H8NO2.Na/c1-2-9-5-6(3-7)4-8;/h6H,2,5H2,1H3;. The van der Waals surface area contributed by atoms with Crippen LogP contribution in [0.5, 0.6) is 0 Å². The van der Waals surface area contributed by atoms with E-state index in [0.29, 0.717) is 34.5 Å². The van der Waals surface area contributed by atoms with Gasteiger partial charge in [-0.1, -0.05) is 0 Å². The summed E-state index contributed by atoms with van der Waals surface area (Å²) < 4.78 is 4.94. The van der Waals surface area contributed by atoms with E-state index in [1.807, 2.05) is 13.0 Å². The van der Waals surface area contributed by atoms with Crippen molar-refractivity contribution in [2.24, 2.45) is 5.92 Å². The Morgan fingerprint density at radius 2 is 2.50 bits per heavy atom. The van der Waals surface area contributed by atoms with Gasteiger partial charge in [-0.25, -0.2) is 0 Å². The Morgan fingerprint density at radius 1 is 1.90 bits per heavy atom. The Bertz CT molecular complexity index is 152. The minimum atomic E-state index is -0.522. The van der Waals surface area contributed by atoms with Crippen molar-refractivity contribution in [3.63, 3.8) is 0 Å². The fourth-order valence-electron chi connectivity index (χ4n) is 0.481. The van der Waals surface area contributed by atoms with Crippen molar-refractivity contribution < 1.29 is 9.53 Å². The van der Waals surface area contributed by atoms with E-state index in [1.54, 1.807) is 0 Å². The van der Waals surface area contributed by atoms with Gasteiger partial charge in [-0.05, 0) is 0 Å². The van der Waals surface area contributed by atoms with E-state index >= 15 is 0 Å². The first-order chi connectivity index (χ1) is 4.72. The van der Waals surface area contributed by atoms with E-state index in [-0.39, 0.29) is 9.64 Å². The van der Waals surface area contributed by atoms with Crippen LogP contribution in [0.25, 0.3) is 0 Å². The fraction of sp³-hybridized carbons (Fsp3) is 0.667. The summed E-state index contributed by atoms with van der Waals surface area (Å²) in [5.74, 6) is -0.522. The molecule has 0 bridgehead atoms. The molecule has 0 aromatic heterocycles. The molecule has 0 rings (SSSR count). The summed E-state index contributed by atoms with van der Waals surface area (Å²) in [7, 11) is 0. The molecule has 50 valence electrons. The van der Waals surface area contributed by atoms with Gasteiger partial charge in [0.15, 0.2) is 0 Å². The van der Waals surface area contributed by atoms with Gasteiger partial charge in [0, 0.05) is 0 Å². The van der Waals surface area contributed by atoms with Gasteiger partial charge < -0.3 is 0 Å². The van der Waals surface area contributed by atoms with Crippen molar-refractivity contribution in [2.75, 3.05) is 13.2 Å². The average Bonchev–Trinajstić information content (AvgIpc) is 1.89. The molecule has 4 heteroatoms. The van der Waals surface area contributed by atoms with Gasteiger partial charge in [0.05, 0.1) is 0 Å². The molecule has 0 N–H and O–H groups in total. The molecule has 0 amide bonds. The van der Waals surface area contributed by atoms with Gasteiger partial charge in [-0.2, -0.15) is 0 Å². The van der Waals surface area contributed by atoms with Crippen LogP contribution in [0.3, 0.4) is 0 Å². The normalized spacial score (nSPS) is 12.2. The maximum absolute atomic E-state index is 10.6. The van der Waals surface area contributed by atoms with Gasteiger partial charge in [-0.3, -0.25) is 0 Å². The van der Waals surface area contributed by atoms with Crippen molar-refractivity contribution in [2.45, 2.75) is 6.92 Å². The molecule has 0 fully saturated rings. The molecule has 0 spiro atoms. The minimum absolute atomic E-state index is 0.0101. The molecule has 0 aliphatic rings. The summed E-state index contributed by atoms with van der Waals surface area (Å²) in [4.78, 5) is 10.6. The quantitative estimate of drug-likeness (QED) is 0.522. The second kappa shape index (κ2) is 5.87. The Balaban J connectivity index is 3.64. The number of hydrogen-bond donors (Lipinski definition) is 0. The molecule has 0 radical (unpaired) electrons. The van der Waals surface area contributed by atoms with Crippen molar-refractivity contribution >= 4 is 31.0 Å². The third-order valence-electron chi connectivity index (χ3n) is 1.14. The van der Waals surface area contributed by atoms with Gasteiger partial charge in [-0.15, -0.1) is 0 Å². The predicted molar refractivity (Wildman–Crippen MR) is 36.4 cm³/mol. The number of nitriles is 1. The van der Waals surface area contributed by atoms with Crippen molar-refractivity contribution in [3.8, 4) is 6.07 Å². The Kier molecular flexibility index (Phi) is 5.94. The number of carbonyl (C=O) groups excluding carboxylic acids is 1. The van der Waals surface area contributed by atoms with E-state index in [4.69, 9.17) is 10.00 Å². The molecule has 0 aromatic rings. The molecule has 0 saturated heterocycles. The summed E-state index contributed by atoms with van der Waals surface area (Å²) in [6.07, 6.45) is 0. The third kappa shape index (κ3) is 4.02. The number of carbonyl (C=O) groups is 1. The summed E-state index contributed by atoms with van der Waals surface area (Å²) in [5, 5.41) is 8.39. The van der Waals surface area contributed by atoms with Crippen LogP contribution >= 0.6 is 0 Å². The molecule has 0 heterocycles. The van der Waals surface area contributed by atoms with Crippen molar-refractivity contribution in [1.29, 1.82) is 5.26 Å². The van der Waals surface area contributed by atoms with Crippen LogP contribution in [-0.2, 0) is 9.53 Å². The molecule has 3 nitrogen and oxygen atoms in total. The number of ether oxygens (including phenoxy) is 1. The zero-order valence-corrected chi connectivity index (χ0v) is 8.26. The van der Waals surface area contributed by atoms with Crippen LogP contribution in [-0.4, -0.2) is 44.2 Å². The molecule has 1 unspecified atom stereocenters. The summed E-state index contributed by atoms with van der Waals surface area (Å²) in [5.41, 5.74) is 0. The van der Waals surface area contributed by atoms with Crippen LogP contribution in [0.1, 0.15) is 6.92 Å².